The molecule has 0 aliphatic carbocycles. The molecular formula is C27H30N6O5S2. The Hall–Kier alpha value is -3.58. The van der Waals surface area contributed by atoms with Crippen LogP contribution in [0.3, 0.4) is 0 Å². The first-order chi connectivity index (χ1) is 19.4. The lowest BCUT2D eigenvalue weighted by atomic mass is 10.1. The van der Waals surface area contributed by atoms with E-state index < -0.39 is 10.0 Å². The monoisotopic (exact) mass is 582 g/mol. The van der Waals surface area contributed by atoms with E-state index in [-0.39, 0.29) is 22.8 Å². The normalized spacial score (nSPS) is 18.6. The number of anilines is 2. The third kappa shape index (κ3) is 4.60. The molecule has 0 radical (unpaired) electrons. The summed E-state index contributed by atoms with van der Waals surface area (Å²) in [5, 5.41) is 8.66. The lowest BCUT2D eigenvalue weighted by Crippen LogP contribution is -2.35. The Morgan fingerprint density at radius 3 is 2.80 bits per heavy atom. The van der Waals surface area contributed by atoms with Gasteiger partial charge in [0.15, 0.2) is 11.5 Å². The Morgan fingerprint density at radius 2 is 1.95 bits per heavy atom. The first-order valence-electron chi connectivity index (χ1n) is 13.3. The summed E-state index contributed by atoms with van der Waals surface area (Å²) in [6.07, 6.45) is 6.30. The Bertz CT molecular complexity index is 1590. The van der Waals surface area contributed by atoms with E-state index in [0.29, 0.717) is 46.0 Å². The van der Waals surface area contributed by atoms with Crippen LogP contribution in [0, 0.1) is 0 Å². The fraction of sp³-hybridized carbons (Fsp3) is 0.407. The molecule has 3 aliphatic rings. The standard InChI is InChI=1S/C27H30N6O5S2/c1-31-21-10-4-5-11-24(21)40(35,36)33-26(31)29-30-27(33)39-14-7-3-6-13-38-23-16-20-19(15-22(23)37-2)25(34)32-12-8-9-18(32)17-28-20/h4-5,10-11,15-18H,3,6-9,12-14H2,1-2H3/t18-/m0/s1. The molecule has 0 unspecified atom stereocenters. The van der Waals surface area contributed by atoms with Gasteiger partial charge in [0.1, 0.15) is 4.90 Å². The highest BCUT2D eigenvalue weighted by Crippen LogP contribution is 2.40. The van der Waals surface area contributed by atoms with Crippen molar-refractivity contribution in [3.8, 4) is 11.5 Å². The summed E-state index contributed by atoms with van der Waals surface area (Å²) in [7, 11) is -0.413. The van der Waals surface area contributed by atoms with Gasteiger partial charge in [0.2, 0.25) is 11.1 Å². The van der Waals surface area contributed by atoms with Crippen LogP contribution in [-0.2, 0) is 10.0 Å². The molecule has 13 heteroatoms. The van der Waals surface area contributed by atoms with Gasteiger partial charge in [0.25, 0.3) is 15.9 Å². The summed E-state index contributed by atoms with van der Waals surface area (Å²) in [5.74, 6) is 2.04. The van der Waals surface area contributed by atoms with E-state index in [9.17, 15) is 13.2 Å². The largest absolute Gasteiger partial charge is 0.493 e. The Labute approximate surface area is 237 Å². The average molecular weight is 583 g/mol. The third-order valence-electron chi connectivity index (χ3n) is 7.36. The highest BCUT2D eigenvalue weighted by atomic mass is 32.2. The number of carbonyl (C=O) groups is 1. The molecule has 1 saturated heterocycles. The van der Waals surface area contributed by atoms with Crippen molar-refractivity contribution < 1.29 is 22.7 Å². The number of hydrogen-bond donors (Lipinski definition) is 0. The van der Waals surface area contributed by atoms with Gasteiger partial charge >= 0.3 is 0 Å². The number of nitrogens with zero attached hydrogens (tertiary/aromatic N) is 6. The van der Waals surface area contributed by atoms with Gasteiger partial charge in [-0.3, -0.25) is 9.79 Å². The number of para-hydroxylation sites is 1. The lowest BCUT2D eigenvalue weighted by Gasteiger charge is -2.27. The molecule has 6 rings (SSSR count). The Morgan fingerprint density at radius 1 is 1.10 bits per heavy atom. The summed E-state index contributed by atoms with van der Waals surface area (Å²) in [5.41, 5.74) is 1.73. The van der Waals surface area contributed by atoms with Gasteiger partial charge < -0.3 is 19.3 Å². The number of ether oxygens (including phenoxy) is 2. The number of aliphatic imine (C=N–C) groups is 1. The number of amides is 1. The zero-order valence-electron chi connectivity index (χ0n) is 22.3. The Balaban J connectivity index is 1.03. The number of hydrogen-bond acceptors (Lipinski definition) is 10. The smallest absolute Gasteiger partial charge is 0.274 e. The quantitative estimate of drug-likeness (QED) is 0.269. The molecule has 1 atom stereocenters. The predicted molar refractivity (Wildman–Crippen MR) is 152 cm³/mol. The molecule has 0 N–H and O–H groups in total. The second kappa shape index (κ2) is 10.8. The minimum Gasteiger partial charge on any atom is -0.493 e. The van der Waals surface area contributed by atoms with Crippen molar-refractivity contribution >= 4 is 51.2 Å². The minimum absolute atomic E-state index is 0.0186. The second-order valence-electron chi connectivity index (χ2n) is 9.84. The first-order valence-corrected chi connectivity index (χ1v) is 15.7. The molecule has 0 spiro atoms. The van der Waals surface area contributed by atoms with Gasteiger partial charge in [0.05, 0.1) is 36.7 Å². The minimum atomic E-state index is -3.76. The number of rotatable bonds is 9. The average Bonchev–Trinajstić information content (AvgIpc) is 3.59. The van der Waals surface area contributed by atoms with Crippen LogP contribution >= 0.6 is 11.8 Å². The zero-order valence-corrected chi connectivity index (χ0v) is 23.9. The van der Waals surface area contributed by atoms with Crippen molar-refractivity contribution in [1.29, 1.82) is 0 Å². The summed E-state index contributed by atoms with van der Waals surface area (Å²) < 4.78 is 39.3. The fourth-order valence-corrected chi connectivity index (χ4v) is 8.07. The van der Waals surface area contributed by atoms with Crippen LogP contribution in [0.5, 0.6) is 11.5 Å². The van der Waals surface area contributed by atoms with Gasteiger partial charge in [-0.05, 0) is 50.3 Å². The van der Waals surface area contributed by atoms with Gasteiger partial charge in [-0.15, -0.1) is 10.2 Å². The van der Waals surface area contributed by atoms with E-state index in [1.165, 1.54) is 15.7 Å². The maximum absolute atomic E-state index is 13.2. The van der Waals surface area contributed by atoms with Crippen molar-refractivity contribution in [2.45, 2.75) is 48.2 Å². The molecule has 4 heterocycles. The van der Waals surface area contributed by atoms with Crippen LogP contribution in [0.25, 0.3) is 0 Å². The van der Waals surface area contributed by atoms with Crippen molar-refractivity contribution in [3.05, 3.63) is 42.0 Å². The van der Waals surface area contributed by atoms with Crippen LogP contribution in [0.15, 0.2) is 51.4 Å². The number of thioether (sulfide) groups is 1. The summed E-state index contributed by atoms with van der Waals surface area (Å²) in [6.45, 7) is 1.22. The van der Waals surface area contributed by atoms with Gasteiger partial charge in [0, 0.05) is 31.6 Å². The molecule has 0 saturated carbocycles. The SMILES string of the molecule is COc1cc2c(cc1OCCCCCSc1nnc3n1S(=O)(=O)c1ccccc1N3C)N=C[C@@H]1CCCN1C2=O. The van der Waals surface area contributed by atoms with Crippen LogP contribution in [0.1, 0.15) is 42.5 Å². The molecule has 11 nitrogen and oxygen atoms in total. The fourth-order valence-electron chi connectivity index (χ4n) is 5.26. The zero-order chi connectivity index (χ0) is 27.9. The van der Waals surface area contributed by atoms with Crippen LogP contribution < -0.4 is 14.4 Å². The van der Waals surface area contributed by atoms with Gasteiger partial charge in [-0.2, -0.15) is 3.97 Å². The molecule has 2 aromatic carbocycles. The van der Waals surface area contributed by atoms with Crippen molar-refractivity contribution in [3.63, 3.8) is 0 Å². The molecule has 210 valence electrons. The highest BCUT2D eigenvalue weighted by molar-refractivity contribution is 8.00. The van der Waals surface area contributed by atoms with E-state index in [1.54, 1.807) is 55.5 Å². The number of aromatic nitrogens is 3. The summed E-state index contributed by atoms with van der Waals surface area (Å²) in [4.78, 5) is 21.5. The Kier molecular flexibility index (Phi) is 7.17. The van der Waals surface area contributed by atoms with Crippen LogP contribution in [0.2, 0.25) is 0 Å². The van der Waals surface area contributed by atoms with Crippen molar-refractivity contribution in [2.24, 2.45) is 4.99 Å². The first kappa shape index (κ1) is 26.6. The summed E-state index contributed by atoms with van der Waals surface area (Å²) >= 11 is 1.38. The molecule has 1 aromatic heterocycles. The van der Waals surface area contributed by atoms with Crippen LogP contribution in [0.4, 0.5) is 17.3 Å². The highest BCUT2D eigenvalue weighted by Gasteiger charge is 2.36. The molecule has 1 amide bonds. The summed E-state index contributed by atoms with van der Waals surface area (Å²) in [6, 6.07) is 10.4. The van der Waals surface area contributed by atoms with E-state index in [2.05, 4.69) is 15.2 Å². The molecule has 3 aliphatic heterocycles. The predicted octanol–water partition coefficient (Wildman–Crippen LogP) is 4.27. The topological polar surface area (TPSA) is 119 Å². The number of unbranched alkanes of at least 4 members (excludes halogenated alkanes) is 2. The van der Waals surface area contributed by atoms with E-state index in [4.69, 9.17) is 9.47 Å². The van der Waals surface area contributed by atoms with E-state index in [1.807, 2.05) is 11.1 Å². The molecule has 1 fully saturated rings. The lowest BCUT2D eigenvalue weighted by molar-refractivity contribution is 0.0774. The number of fused-ring (bicyclic) bond motifs is 4. The molecule has 0 bridgehead atoms. The molecule has 3 aromatic rings. The van der Waals surface area contributed by atoms with Gasteiger partial charge in [-0.25, -0.2) is 8.42 Å². The third-order valence-corrected chi connectivity index (χ3v) is 10.2. The van der Waals surface area contributed by atoms with Gasteiger partial charge in [-0.1, -0.05) is 23.9 Å². The second-order valence-corrected chi connectivity index (χ2v) is 12.7. The number of carbonyl (C=O) groups excluding carboxylic acids is 1. The molecule has 40 heavy (non-hydrogen) atoms. The maximum Gasteiger partial charge on any atom is 0.274 e. The van der Waals surface area contributed by atoms with Crippen molar-refractivity contribution in [1.82, 2.24) is 19.1 Å². The molecular weight excluding hydrogens is 552 g/mol. The van der Waals surface area contributed by atoms with E-state index >= 15 is 0 Å². The van der Waals surface area contributed by atoms with Crippen molar-refractivity contribution in [2.75, 3.05) is 38.0 Å². The maximum atomic E-state index is 13.2. The number of methoxy groups -OCH3 is 1. The van der Waals surface area contributed by atoms with E-state index in [0.717, 1.165) is 38.6 Å². The van der Waals surface area contributed by atoms with Crippen LogP contribution in [-0.4, -0.2) is 78.7 Å². The number of benzene rings is 2.